The standard InChI is InChI=1S/C12H19N3O3/c1-16-12(3-2-4-12)7-10-14-11(15-18-10)9-8-13-5-6-17-9/h9,13H,2-8H2,1H3. The van der Waals surface area contributed by atoms with Crippen molar-refractivity contribution in [2.75, 3.05) is 26.8 Å². The van der Waals surface area contributed by atoms with E-state index in [4.69, 9.17) is 14.0 Å². The Balaban J connectivity index is 1.65. The molecular weight excluding hydrogens is 234 g/mol. The van der Waals surface area contributed by atoms with E-state index in [0.717, 1.165) is 25.9 Å². The van der Waals surface area contributed by atoms with Crippen molar-refractivity contribution in [1.29, 1.82) is 0 Å². The van der Waals surface area contributed by atoms with Crippen LogP contribution in [0.2, 0.25) is 0 Å². The number of hydrogen-bond acceptors (Lipinski definition) is 6. The fraction of sp³-hybridized carbons (Fsp3) is 0.833. The third kappa shape index (κ3) is 2.28. The van der Waals surface area contributed by atoms with Crippen LogP contribution in [0.1, 0.15) is 37.1 Å². The minimum Gasteiger partial charge on any atom is -0.378 e. The minimum absolute atomic E-state index is 0.0739. The van der Waals surface area contributed by atoms with E-state index in [-0.39, 0.29) is 11.7 Å². The summed E-state index contributed by atoms with van der Waals surface area (Å²) < 4.78 is 16.5. The van der Waals surface area contributed by atoms with Crippen LogP contribution in [0.3, 0.4) is 0 Å². The van der Waals surface area contributed by atoms with Crippen LogP contribution in [0.15, 0.2) is 4.52 Å². The van der Waals surface area contributed by atoms with Crippen LogP contribution in [-0.2, 0) is 15.9 Å². The maximum absolute atomic E-state index is 5.60. The third-order valence-corrected chi connectivity index (χ3v) is 3.87. The second-order valence-corrected chi connectivity index (χ2v) is 5.03. The zero-order chi connectivity index (χ0) is 12.4. The molecule has 2 aliphatic rings. The van der Waals surface area contributed by atoms with Gasteiger partial charge in [0.2, 0.25) is 11.7 Å². The van der Waals surface area contributed by atoms with Crippen molar-refractivity contribution in [2.45, 2.75) is 37.4 Å². The normalized spacial score (nSPS) is 26.8. The van der Waals surface area contributed by atoms with Gasteiger partial charge in [-0.3, -0.25) is 0 Å². The van der Waals surface area contributed by atoms with E-state index in [1.54, 1.807) is 7.11 Å². The molecule has 1 aromatic heterocycles. The third-order valence-electron chi connectivity index (χ3n) is 3.87. The monoisotopic (exact) mass is 253 g/mol. The van der Waals surface area contributed by atoms with Gasteiger partial charge in [0.25, 0.3) is 0 Å². The summed E-state index contributed by atoms with van der Waals surface area (Å²) in [4.78, 5) is 4.43. The molecule has 1 aromatic rings. The lowest BCUT2D eigenvalue weighted by molar-refractivity contribution is -0.0751. The van der Waals surface area contributed by atoms with E-state index in [1.807, 2.05) is 0 Å². The van der Waals surface area contributed by atoms with E-state index in [1.165, 1.54) is 6.42 Å². The van der Waals surface area contributed by atoms with Crippen LogP contribution < -0.4 is 5.32 Å². The first-order chi connectivity index (χ1) is 8.81. The lowest BCUT2D eigenvalue weighted by Gasteiger charge is -2.39. The summed E-state index contributed by atoms with van der Waals surface area (Å²) >= 11 is 0. The topological polar surface area (TPSA) is 69.4 Å². The van der Waals surface area contributed by atoms with Gasteiger partial charge in [0, 0.05) is 20.2 Å². The Labute approximate surface area is 106 Å². The molecule has 1 aliphatic heterocycles. The molecule has 100 valence electrons. The highest BCUT2D eigenvalue weighted by molar-refractivity contribution is 5.00. The summed E-state index contributed by atoms with van der Waals surface area (Å²) in [5.74, 6) is 1.29. The maximum atomic E-state index is 5.60. The van der Waals surface area contributed by atoms with Crippen molar-refractivity contribution >= 4 is 0 Å². The summed E-state index contributed by atoms with van der Waals surface area (Å²) in [6.07, 6.45) is 3.98. The number of aromatic nitrogens is 2. The highest BCUT2D eigenvalue weighted by Gasteiger charge is 2.39. The van der Waals surface area contributed by atoms with Crippen molar-refractivity contribution in [3.63, 3.8) is 0 Å². The molecule has 1 saturated heterocycles. The van der Waals surface area contributed by atoms with Gasteiger partial charge < -0.3 is 19.3 Å². The molecule has 0 amide bonds. The Morgan fingerprint density at radius 2 is 2.39 bits per heavy atom. The molecule has 3 rings (SSSR count). The summed E-state index contributed by atoms with van der Waals surface area (Å²) in [5, 5.41) is 7.26. The minimum atomic E-state index is -0.0869. The first-order valence-corrected chi connectivity index (χ1v) is 6.51. The number of hydrogen-bond donors (Lipinski definition) is 1. The molecule has 18 heavy (non-hydrogen) atoms. The van der Waals surface area contributed by atoms with Gasteiger partial charge in [0.1, 0.15) is 6.10 Å². The van der Waals surface area contributed by atoms with Crippen molar-refractivity contribution < 1.29 is 14.0 Å². The zero-order valence-electron chi connectivity index (χ0n) is 10.6. The molecule has 1 aliphatic carbocycles. The average Bonchev–Trinajstić information content (AvgIpc) is 2.83. The fourth-order valence-electron chi connectivity index (χ4n) is 2.50. The van der Waals surface area contributed by atoms with Crippen LogP contribution in [0.25, 0.3) is 0 Å². The predicted molar refractivity (Wildman–Crippen MR) is 63.2 cm³/mol. The highest BCUT2D eigenvalue weighted by atomic mass is 16.5. The molecule has 0 spiro atoms. The molecule has 1 saturated carbocycles. The number of nitrogens with one attached hydrogen (secondary N) is 1. The van der Waals surface area contributed by atoms with Crippen molar-refractivity contribution in [1.82, 2.24) is 15.5 Å². The second kappa shape index (κ2) is 4.95. The number of ether oxygens (including phenoxy) is 2. The van der Waals surface area contributed by atoms with Crippen LogP contribution in [-0.4, -0.2) is 42.5 Å². The first kappa shape index (κ1) is 12.1. The number of morpholine rings is 1. The molecule has 0 bridgehead atoms. The molecule has 6 nitrogen and oxygen atoms in total. The van der Waals surface area contributed by atoms with Crippen LogP contribution in [0, 0.1) is 0 Å². The summed E-state index contributed by atoms with van der Waals surface area (Å²) in [5.41, 5.74) is -0.0739. The maximum Gasteiger partial charge on any atom is 0.229 e. The van der Waals surface area contributed by atoms with E-state index in [9.17, 15) is 0 Å². The number of nitrogens with zero attached hydrogens (tertiary/aromatic N) is 2. The Morgan fingerprint density at radius 1 is 1.50 bits per heavy atom. The summed E-state index contributed by atoms with van der Waals surface area (Å²) in [7, 11) is 1.75. The molecule has 2 heterocycles. The van der Waals surface area contributed by atoms with Gasteiger partial charge in [-0.2, -0.15) is 4.98 Å². The molecule has 2 fully saturated rings. The smallest absolute Gasteiger partial charge is 0.229 e. The van der Waals surface area contributed by atoms with Crippen LogP contribution >= 0.6 is 0 Å². The average molecular weight is 253 g/mol. The van der Waals surface area contributed by atoms with Gasteiger partial charge in [-0.25, -0.2) is 0 Å². The lowest BCUT2D eigenvalue weighted by atomic mass is 9.77. The van der Waals surface area contributed by atoms with E-state index in [2.05, 4.69) is 15.5 Å². The Morgan fingerprint density at radius 3 is 3.00 bits per heavy atom. The lowest BCUT2D eigenvalue weighted by Crippen LogP contribution is -2.41. The zero-order valence-corrected chi connectivity index (χ0v) is 10.6. The molecule has 0 aromatic carbocycles. The van der Waals surface area contributed by atoms with E-state index in [0.29, 0.717) is 24.7 Å². The van der Waals surface area contributed by atoms with Gasteiger partial charge in [-0.05, 0) is 19.3 Å². The number of rotatable bonds is 4. The Bertz CT molecular complexity index is 392. The highest BCUT2D eigenvalue weighted by Crippen LogP contribution is 2.37. The van der Waals surface area contributed by atoms with Crippen LogP contribution in [0.4, 0.5) is 0 Å². The molecule has 1 N–H and O–H groups in total. The van der Waals surface area contributed by atoms with Gasteiger partial charge in [-0.15, -0.1) is 0 Å². The molecule has 1 atom stereocenters. The van der Waals surface area contributed by atoms with Crippen LogP contribution in [0.5, 0.6) is 0 Å². The SMILES string of the molecule is COC1(Cc2nc(C3CNCCO3)no2)CCC1. The van der Waals surface area contributed by atoms with Gasteiger partial charge >= 0.3 is 0 Å². The number of methoxy groups -OCH3 is 1. The summed E-state index contributed by atoms with van der Waals surface area (Å²) in [6, 6.07) is 0. The molecule has 1 unspecified atom stereocenters. The van der Waals surface area contributed by atoms with Gasteiger partial charge in [0.05, 0.1) is 18.6 Å². The molecule has 0 radical (unpaired) electrons. The van der Waals surface area contributed by atoms with Gasteiger partial charge in [-0.1, -0.05) is 5.16 Å². The molecular formula is C12H19N3O3. The van der Waals surface area contributed by atoms with Crippen molar-refractivity contribution in [3.8, 4) is 0 Å². The summed E-state index contributed by atoms with van der Waals surface area (Å²) in [6.45, 7) is 2.32. The quantitative estimate of drug-likeness (QED) is 0.857. The predicted octanol–water partition coefficient (Wildman–Crippen LogP) is 0.842. The fourth-order valence-corrected chi connectivity index (χ4v) is 2.50. The van der Waals surface area contributed by atoms with E-state index < -0.39 is 0 Å². The van der Waals surface area contributed by atoms with Gasteiger partial charge in [0.15, 0.2) is 0 Å². The Kier molecular flexibility index (Phi) is 3.32. The largest absolute Gasteiger partial charge is 0.378 e. The van der Waals surface area contributed by atoms with Crippen molar-refractivity contribution in [2.24, 2.45) is 0 Å². The Hall–Kier alpha value is -0.980. The first-order valence-electron chi connectivity index (χ1n) is 6.51. The van der Waals surface area contributed by atoms with E-state index >= 15 is 0 Å². The molecule has 6 heteroatoms. The van der Waals surface area contributed by atoms with Crippen molar-refractivity contribution in [3.05, 3.63) is 11.7 Å². The second-order valence-electron chi connectivity index (χ2n) is 5.03.